The highest BCUT2D eigenvalue weighted by molar-refractivity contribution is 5.92. The summed E-state index contributed by atoms with van der Waals surface area (Å²) in [5.41, 5.74) is 6.53. The summed E-state index contributed by atoms with van der Waals surface area (Å²) in [6.45, 7) is 3.43. The zero-order chi connectivity index (χ0) is 13.0. The summed E-state index contributed by atoms with van der Waals surface area (Å²) in [7, 11) is 0. The van der Waals surface area contributed by atoms with Gasteiger partial charge in [-0.3, -0.25) is 9.48 Å². The minimum Gasteiger partial charge on any atom is -0.330 e. The van der Waals surface area contributed by atoms with Crippen LogP contribution in [0.2, 0.25) is 0 Å². The number of carbonyl (C=O) groups is 1. The number of nitrogens with two attached hydrogens (primary N) is 1. The summed E-state index contributed by atoms with van der Waals surface area (Å²) in [6, 6.07) is 0. The fourth-order valence-corrected chi connectivity index (χ4v) is 2.67. The summed E-state index contributed by atoms with van der Waals surface area (Å²) < 4.78 is 1.80. The van der Waals surface area contributed by atoms with E-state index < -0.39 is 0 Å². The largest absolute Gasteiger partial charge is 0.330 e. The van der Waals surface area contributed by atoms with Crippen LogP contribution in [0.3, 0.4) is 0 Å². The van der Waals surface area contributed by atoms with Crippen LogP contribution in [0.15, 0.2) is 12.4 Å². The van der Waals surface area contributed by atoms with Gasteiger partial charge in [0.15, 0.2) is 0 Å². The number of hydrogen-bond donors (Lipinski definition) is 2. The van der Waals surface area contributed by atoms with E-state index >= 15 is 0 Å². The Bertz CT molecular complexity index is 401. The highest BCUT2D eigenvalue weighted by Crippen LogP contribution is 2.30. The lowest BCUT2D eigenvalue weighted by Gasteiger charge is -2.29. The fraction of sp³-hybridized carbons (Fsp3) is 0.692. The summed E-state index contributed by atoms with van der Waals surface area (Å²) >= 11 is 0. The van der Waals surface area contributed by atoms with E-state index in [0.717, 1.165) is 31.5 Å². The molecule has 0 spiro atoms. The summed E-state index contributed by atoms with van der Waals surface area (Å²) in [4.78, 5) is 12.2. The molecule has 18 heavy (non-hydrogen) atoms. The number of aryl methyl sites for hydroxylation is 1. The molecule has 1 heterocycles. The summed E-state index contributed by atoms with van der Waals surface area (Å²) in [5, 5.41) is 7.10. The molecule has 0 aliphatic heterocycles. The molecule has 1 aliphatic carbocycles. The van der Waals surface area contributed by atoms with Crippen molar-refractivity contribution in [2.75, 3.05) is 11.9 Å². The van der Waals surface area contributed by atoms with Gasteiger partial charge in [0, 0.05) is 18.7 Å². The van der Waals surface area contributed by atoms with Gasteiger partial charge in [-0.2, -0.15) is 5.10 Å². The molecule has 1 aromatic heterocycles. The zero-order valence-electron chi connectivity index (χ0n) is 10.9. The standard InChI is InChI=1S/C13H22N4O/c1-2-17-9-11(8-15-17)16-13(18)12-6-4-3-5-10(12)7-14/h8-10,12H,2-7,14H2,1H3,(H,16,18). The Hall–Kier alpha value is -1.36. The zero-order valence-corrected chi connectivity index (χ0v) is 10.9. The smallest absolute Gasteiger partial charge is 0.227 e. The van der Waals surface area contributed by atoms with Crippen LogP contribution in [0.1, 0.15) is 32.6 Å². The van der Waals surface area contributed by atoms with Gasteiger partial charge in [-0.05, 0) is 32.2 Å². The van der Waals surface area contributed by atoms with Gasteiger partial charge >= 0.3 is 0 Å². The lowest BCUT2D eigenvalue weighted by Crippen LogP contribution is -2.35. The van der Waals surface area contributed by atoms with Crippen LogP contribution in [0, 0.1) is 11.8 Å². The van der Waals surface area contributed by atoms with E-state index in [4.69, 9.17) is 5.73 Å². The Morgan fingerprint density at radius 1 is 1.56 bits per heavy atom. The number of anilines is 1. The maximum absolute atomic E-state index is 12.2. The van der Waals surface area contributed by atoms with Crippen molar-refractivity contribution in [1.29, 1.82) is 0 Å². The predicted molar refractivity (Wildman–Crippen MR) is 71.0 cm³/mol. The molecule has 1 saturated carbocycles. The van der Waals surface area contributed by atoms with Crippen molar-refractivity contribution in [2.45, 2.75) is 39.2 Å². The maximum Gasteiger partial charge on any atom is 0.227 e. The number of carbonyl (C=O) groups excluding carboxylic acids is 1. The van der Waals surface area contributed by atoms with Crippen LogP contribution < -0.4 is 11.1 Å². The summed E-state index contributed by atoms with van der Waals surface area (Å²) in [5.74, 6) is 0.495. The predicted octanol–water partition coefficient (Wildman–Crippen LogP) is 1.61. The van der Waals surface area contributed by atoms with Gasteiger partial charge in [-0.15, -0.1) is 0 Å². The van der Waals surface area contributed by atoms with Crippen LogP contribution in [0.5, 0.6) is 0 Å². The molecular weight excluding hydrogens is 228 g/mol. The second kappa shape index (κ2) is 6.00. The van der Waals surface area contributed by atoms with E-state index in [9.17, 15) is 4.79 Å². The summed E-state index contributed by atoms with van der Waals surface area (Å²) in [6.07, 6.45) is 7.90. The Balaban J connectivity index is 1.97. The molecule has 1 fully saturated rings. The Morgan fingerprint density at radius 2 is 2.33 bits per heavy atom. The van der Waals surface area contributed by atoms with Crippen molar-refractivity contribution >= 4 is 11.6 Å². The molecule has 100 valence electrons. The molecule has 0 aromatic carbocycles. The molecule has 1 aromatic rings. The molecule has 0 radical (unpaired) electrons. The van der Waals surface area contributed by atoms with Crippen molar-refractivity contribution in [3.8, 4) is 0 Å². The van der Waals surface area contributed by atoms with E-state index in [1.54, 1.807) is 10.9 Å². The normalized spacial score (nSPS) is 23.9. The molecule has 1 aliphatic rings. The molecule has 1 amide bonds. The second-order valence-electron chi connectivity index (χ2n) is 4.96. The fourth-order valence-electron chi connectivity index (χ4n) is 2.67. The van der Waals surface area contributed by atoms with Crippen LogP contribution in [-0.4, -0.2) is 22.2 Å². The highest BCUT2D eigenvalue weighted by atomic mass is 16.1. The minimum atomic E-state index is 0.0636. The number of nitrogens with zero attached hydrogens (tertiary/aromatic N) is 2. The Labute approximate surface area is 108 Å². The van der Waals surface area contributed by atoms with Gasteiger partial charge < -0.3 is 11.1 Å². The van der Waals surface area contributed by atoms with Crippen LogP contribution >= 0.6 is 0 Å². The second-order valence-corrected chi connectivity index (χ2v) is 4.96. The highest BCUT2D eigenvalue weighted by Gasteiger charge is 2.29. The van der Waals surface area contributed by atoms with Crippen LogP contribution in [0.4, 0.5) is 5.69 Å². The van der Waals surface area contributed by atoms with Gasteiger partial charge in [0.2, 0.25) is 5.91 Å². The third kappa shape index (κ3) is 2.90. The van der Waals surface area contributed by atoms with Gasteiger partial charge in [0.05, 0.1) is 11.9 Å². The van der Waals surface area contributed by atoms with Crippen molar-refractivity contribution in [1.82, 2.24) is 9.78 Å². The Morgan fingerprint density at radius 3 is 3.00 bits per heavy atom. The van der Waals surface area contributed by atoms with E-state index in [1.165, 1.54) is 6.42 Å². The third-order valence-electron chi connectivity index (χ3n) is 3.77. The van der Waals surface area contributed by atoms with Crippen LogP contribution in [-0.2, 0) is 11.3 Å². The molecule has 2 rings (SSSR count). The first-order valence-electron chi connectivity index (χ1n) is 6.78. The molecule has 3 N–H and O–H groups in total. The molecule has 2 atom stereocenters. The molecule has 0 saturated heterocycles. The monoisotopic (exact) mass is 250 g/mol. The van der Waals surface area contributed by atoms with Gasteiger partial charge in [0.1, 0.15) is 0 Å². The number of nitrogens with one attached hydrogen (secondary N) is 1. The van der Waals surface area contributed by atoms with E-state index in [0.29, 0.717) is 12.5 Å². The molecule has 5 nitrogen and oxygen atoms in total. The third-order valence-corrected chi connectivity index (χ3v) is 3.77. The van der Waals surface area contributed by atoms with Crippen molar-refractivity contribution < 1.29 is 4.79 Å². The lowest BCUT2D eigenvalue weighted by molar-refractivity contribution is -0.122. The van der Waals surface area contributed by atoms with Gasteiger partial charge in [-0.25, -0.2) is 0 Å². The van der Waals surface area contributed by atoms with Gasteiger partial charge in [0.25, 0.3) is 0 Å². The van der Waals surface area contributed by atoms with E-state index in [-0.39, 0.29) is 11.8 Å². The first kappa shape index (κ1) is 13.1. The quantitative estimate of drug-likeness (QED) is 0.852. The average Bonchev–Trinajstić information content (AvgIpc) is 2.86. The number of amides is 1. The lowest BCUT2D eigenvalue weighted by atomic mass is 9.79. The van der Waals surface area contributed by atoms with Crippen molar-refractivity contribution in [2.24, 2.45) is 17.6 Å². The first-order valence-corrected chi connectivity index (χ1v) is 6.78. The van der Waals surface area contributed by atoms with Crippen LogP contribution in [0.25, 0.3) is 0 Å². The molecule has 0 bridgehead atoms. The maximum atomic E-state index is 12.2. The molecular formula is C13H22N4O. The van der Waals surface area contributed by atoms with Crippen molar-refractivity contribution in [3.63, 3.8) is 0 Å². The van der Waals surface area contributed by atoms with E-state index in [1.807, 2.05) is 13.1 Å². The number of aromatic nitrogens is 2. The first-order chi connectivity index (χ1) is 8.74. The number of rotatable bonds is 4. The molecule has 2 unspecified atom stereocenters. The number of hydrogen-bond acceptors (Lipinski definition) is 3. The minimum absolute atomic E-state index is 0.0636. The van der Waals surface area contributed by atoms with Crippen molar-refractivity contribution in [3.05, 3.63) is 12.4 Å². The SMILES string of the molecule is CCn1cc(NC(=O)C2CCCCC2CN)cn1. The molecule has 5 heteroatoms. The average molecular weight is 250 g/mol. The van der Waals surface area contributed by atoms with E-state index in [2.05, 4.69) is 10.4 Å². The Kier molecular flexibility index (Phi) is 4.36. The van der Waals surface area contributed by atoms with Gasteiger partial charge in [-0.1, -0.05) is 12.8 Å². The topological polar surface area (TPSA) is 72.9 Å².